The van der Waals surface area contributed by atoms with Gasteiger partial charge in [-0.3, -0.25) is 0 Å². The van der Waals surface area contributed by atoms with Crippen LogP contribution in [0.4, 0.5) is 4.39 Å². The van der Waals surface area contributed by atoms with Crippen LogP contribution in [0, 0.1) is 11.7 Å². The van der Waals surface area contributed by atoms with Crippen LogP contribution in [0.1, 0.15) is 30.9 Å². The molecule has 3 N–H and O–H groups in total. The van der Waals surface area contributed by atoms with Crippen LogP contribution in [0.25, 0.3) is 0 Å². The molecule has 1 aliphatic carbocycles. The third kappa shape index (κ3) is 3.66. The Hall–Kier alpha value is -0.640. The van der Waals surface area contributed by atoms with Gasteiger partial charge in [-0.1, -0.05) is 30.5 Å². The van der Waals surface area contributed by atoms with Crippen LogP contribution in [-0.2, 0) is 0 Å². The zero-order chi connectivity index (χ0) is 12.3. The second-order valence-electron chi connectivity index (χ2n) is 4.65. The second-order valence-corrected chi connectivity index (χ2v) is 5.06. The monoisotopic (exact) mass is 256 g/mol. The summed E-state index contributed by atoms with van der Waals surface area (Å²) in [6.07, 6.45) is 3.89. The average molecular weight is 257 g/mol. The van der Waals surface area contributed by atoms with Gasteiger partial charge in [0.2, 0.25) is 0 Å². The standard InChI is InChI=1S/C13H18ClFN2/c14-11-4-3-10(7-12(11)15)13(8-16)17-6-5-9-1-2-9/h3-4,7,9,13,17H,1-2,5-6,8,16H2. The van der Waals surface area contributed by atoms with Crippen molar-refractivity contribution in [2.45, 2.75) is 25.3 Å². The molecule has 2 nitrogen and oxygen atoms in total. The number of rotatable bonds is 6. The van der Waals surface area contributed by atoms with E-state index in [-0.39, 0.29) is 16.9 Å². The summed E-state index contributed by atoms with van der Waals surface area (Å²) in [5.74, 6) is 0.509. The van der Waals surface area contributed by atoms with Crippen molar-refractivity contribution in [3.05, 3.63) is 34.6 Å². The van der Waals surface area contributed by atoms with E-state index in [0.717, 1.165) is 18.0 Å². The van der Waals surface area contributed by atoms with Gasteiger partial charge < -0.3 is 11.1 Å². The molecule has 0 amide bonds. The van der Waals surface area contributed by atoms with E-state index in [1.165, 1.54) is 25.3 Å². The highest BCUT2D eigenvalue weighted by Gasteiger charge is 2.21. The van der Waals surface area contributed by atoms with Crippen molar-refractivity contribution >= 4 is 11.6 Å². The number of benzene rings is 1. The number of halogens is 2. The van der Waals surface area contributed by atoms with Crippen LogP contribution < -0.4 is 11.1 Å². The van der Waals surface area contributed by atoms with Gasteiger partial charge in [-0.15, -0.1) is 0 Å². The third-order valence-corrected chi connectivity index (χ3v) is 3.53. The molecule has 94 valence electrons. The molecule has 1 fully saturated rings. The first kappa shape index (κ1) is 12.8. The summed E-state index contributed by atoms with van der Waals surface area (Å²) >= 11 is 5.66. The van der Waals surface area contributed by atoms with Crippen LogP contribution in [0.5, 0.6) is 0 Å². The molecule has 1 aliphatic rings. The van der Waals surface area contributed by atoms with E-state index in [1.54, 1.807) is 6.07 Å². The quantitative estimate of drug-likeness (QED) is 0.821. The molecule has 0 heterocycles. The van der Waals surface area contributed by atoms with Crippen molar-refractivity contribution in [1.29, 1.82) is 0 Å². The molecule has 0 bridgehead atoms. The molecule has 1 saturated carbocycles. The molecule has 1 aromatic rings. The molecule has 17 heavy (non-hydrogen) atoms. The maximum Gasteiger partial charge on any atom is 0.142 e. The Bertz CT molecular complexity index is 380. The van der Waals surface area contributed by atoms with Crippen LogP contribution in [0.2, 0.25) is 5.02 Å². The Morgan fingerprint density at radius 3 is 2.82 bits per heavy atom. The minimum Gasteiger partial charge on any atom is -0.329 e. The van der Waals surface area contributed by atoms with Crippen molar-refractivity contribution in [2.24, 2.45) is 11.7 Å². The molecule has 2 rings (SSSR count). The van der Waals surface area contributed by atoms with Crippen molar-refractivity contribution in [1.82, 2.24) is 5.32 Å². The Kier molecular flexibility index (Phi) is 4.37. The van der Waals surface area contributed by atoms with E-state index in [4.69, 9.17) is 17.3 Å². The third-order valence-electron chi connectivity index (χ3n) is 3.22. The molecule has 1 unspecified atom stereocenters. The Morgan fingerprint density at radius 2 is 2.24 bits per heavy atom. The van der Waals surface area contributed by atoms with Gasteiger partial charge in [0.1, 0.15) is 5.82 Å². The summed E-state index contributed by atoms with van der Waals surface area (Å²) < 4.78 is 13.3. The van der Waals surface area contributed by atoms with Crippen molar-refractivity contribution in [2.75, 3.05) is 13.1 Å². The molecule has 0 radical (unpaired) electrons. The number of nitrogens with one attached hydrogen (secondary N) is 1. The summed E-state index contributed by atoms with van der Waals surface area (Å²) in [7, 11) is 0. The maximum atomic E-state index is 13.3. The number of hydrogen-bond donors (Lipinski definition) is 2. The number of hydrogen-bond acceptors (Lipinski definition) is 2. The largest absolute Gasteiger partial charge is 0.329 e. The zero-order valence-corrected chi connectivity index (χ0v) is 10.5. The first-order valence-electron chi connectivity index (χ1n) is 6.09. The average Bonchev–Trinajstić information content (AvgIpc) is 3.12. The first-order valence-corrected chi connectivity index (χ1v) is 6.47. The van der Waals surface area contributed by atoms with Crippen molar-refractivity contribution in [3.8, 4) is 0 Å². The van der Waals surface area contributed by atoms with E-state index in [1.807, 2.05) is 6.07 Å². The topological polar surface area (TPSA) is 38.0 Å². The lowest BCUT2D eigenvalue weighted by atomic mass is 10.1. The van der Waals surface area contributed by atoms with Gasteiger partial charge in [0.25, 0.3) is 0 Å². The summed E-state index contributed by atoms with van der Waals surface area (Å²) in [6.45, 7) is 1.41. The molecule has 0 aromatic heterocycles. The van der Waals surface area contributed by atoms with Gasteiger partial charge in [0, 0.05) is 12.6 Å². The predicted octanol–water partition coefficient (Wildman–Crippen LogP) is 2.87. The maximum absolute atomic E-state index is 13.3. The van der Waals surface area contributed by atoms with E-state index in [2.05, 4.69) is 5.32 Å². The predicted molar refractivity (Wildman–Crippen MR) is 68.5 cm³/mol. The van der Waals surface area contributed by atoms with Gasteiger partial charge in [0.05, 0.1) is 5.02 Å². The Labute approximate surface area is 106 Å². The molecular weight excluding hydrogens is 239 g/mol. The zero-order valence-electron chi connectivity index (χ0n) is 9.76. The molecule has 0 spiro atoms. The minimum absolute atomic E-state index is 0.0144. The fraction of sp³-hybridized carbons (Fsp3) is 0.538. The highest BCUT2D eigenvalue weighted by molar-refractivity contribution is 6.30. The summed E-state index contributed by atoms with van der Waals surface area (Å²) in [5, 5.41) is 3.52. The van der Waals surface area contributed by atoms with Crippen LogP contribution >= 0.6 is 11.6 Å². The Morgan fingerprint density at radius 1 is 1.47 bits per heavy atom. The lowest BCUT2D eigenvalue weighted by molar-refractivity contribution is 0.512. The SMILES string of the molecule is NCC(NCCC1CC1)c1ccc(Cl)c(F)c1. The fourth-order valence-electron chi connectivity index (χ4n) is 1.93. The summed E-state index contributed by atoms with van der Waals surface area (Å²) in [6, 6.07) is 4.88. The van der Waals surface area contributed by atoms with Gasteiger partial charge in [-0.05, 0) is 36.6 Å². The minimum atomic E-state index is -0.383. The normalized spacial score (nSPS) is 17.1. The van der Waals surface area contributed by atoms with E-state index < -0.39 is 0 Å². The molecule has 0 saturated heterocycles. The van der Waals surface area contributed by atoms with Gasteiger partial charge in [-0.2, -0.15) is 0 Å². The summed E-state index contributed by atoms with van der Waals surface area (Å²) in [5.41, 5.74) is 6.57. The molecular formula is C13H18ClFN2. The molecule has 0 aliphatic heterocycles. The van der Waals surface area contributed by atoms with Crippen molar-refractivity contribution < 1.29 is 4.39 Å². The Balaban J connectivity index is 1.92. The lowest BCUT2D eigenvalue weighted by Crippen LogP contribution is -2.29. The van der Waals surface area contributed by atoms with Crippen LogP contribution in [0.3, 0.4) is 0 Å². The van der Waals surface area contributed by atoms with E-state index in [9.17, 15) is 4.39 Å². The first-order chi connectivity index (χ1) is 8.20. The molecule has 1 atom stereocenters. The summed E-state index contributed by atoms with van der Waals surface area (Å²) in [4.78, 5) is 0. The highest BCUT2D eigenvalue weighted by Crippen LogP contribution is 2.32. The lowest BCUT2D eigenvalue weighted by Gasteiger charge is -2.17. The molecule has 4 heteroatoms. The fourth-order valence-corrected chi connectivity index (χ4v) is 2.05. The van der Waals surface area contributed by atoms with Gasteiger partial charge in [-0.25, -0.2) is 4.39 Å². The van der Waals surface area contributed by atoms with Gasteiger partial charge in [0.15, 0.2) is 0 Å². The van der Waals surface area contributed by atoms with Crippen LogP contribution in [0.15, 0.2) is 18.2 Å². The van der Waals surface area contributed by atoms with Gasteiger partial charge >= 0.3 is 0 Å². The highest BCUT2D eigenvalue weighted by atomic mass is 35.5. The second kappa shape index (κ2) is 5.80. The van der Waals surface area contributed by atoms with Crippen molar-refractivity contribution in [3.63, 3.8) is 0 Å². The van der Waals surface area contributed by atoms with E-state index >= 15 is 0 Å². The van der Waals surface area contributed by atoms with Crippen LogP contribution in [-0.4, -0.2) is 13.1 Å². The number of nitrogens with two attached hydrogens (primary N) is 1. The molecule has 1 aromatic carbocycles. The van der Waals surface area contributed by atoms with E-state index in [0.29, 0.717) is 6.54 Å². The smallest absolute Gasteiger partial charge is 0.142 e.